The number of anilines is 1. The first-order chi connectivity index (χ1) is 10.6. The molecule has 1 aromatic rings. The Kier molecular flexibility index (Phi) is 4.29. The minimum atomic E-state index is -0.894. The standard InChI is InChI=1S/C16H20N2O4/c19-15(20)10-18-7-2-1-3-13(18)16(21)17-12-4-5-14-11(9-12)6-8-22-14/h4-5,9,13H,1-3,6-8,10H2,(H,17,21)(H,19,20). The van der Waals surface area contributed by atoms with E-state index < -0.39 is 5.97 Å². The lowest BCUT2D eigenvalue weighted by atomic mass is 10.0. The average Bonchev–Trinajstić information content (AvgIpc) is 2.94. The fourth-order valence-corrected chi connectivity index (χ4v) is 3.14. The zero-order valence-corrected chi connectivity index (χ0v) is 12.4. The molecule has 0 aromatic heterocycles. The van der Waals surface area contributed by atoms with Crippen molar-refractivity contribution in [3.05, 3.63) is 23.8 Å². The van der Waals surface area contributed by atoms with Gasteiger partial charge < -0.3 is 15.2 Å². The number of carboxylic acid groups (broad SMARTS) is 1. The molecule has 1 amide bonds. The number of carboxylic acids is 1. The van der Waals surface area contributed by atoms with E-state index in [4.69, 9.17) is 9.84 Å². The van der Waals surface area contributed by atoms with Crippen LogP contribution in [0.3, 0.4) is 0 Å². The normalized spacial score (nSPS) is 21.0. The second-order valence-electron chi connectivity index (χ2n) is 5.79. The largest absolute Gasteiger partial charge is 0.493 e. The van der Waals surface area contributed by atoms with E-state index in [1.54, 1.807) is 4.90 Å². The van der Waals surface area contributed by atoms with Crippen LogP contribution in [0.1, 0.15) is 24.8 Å². The van der Waals surface area contributed by atoms with E-state index in [1.165, 1.54) is 0 Å². The van der Waals surface area contributed by atoms with Crippen LogP contribution < -0.4 is 10.1 Å². The number of fused-ring (bicyclic) bond motifs is 1. The highest BCUT2D eigenvalue weighted by Crippen LogP contribution is 2.28. The molecule has 1 saturated heterocycles. The lowest BCUT2D eigenvalue weighted by molar-refractivity contribution is -0.140. The molecule has 0 bridgehead atoms. The van der Waals surface area contributed by atoms with Crippen LogP contribution in [-0.4, -0.2) is 47.6 Å². The summed E-state index contributed by atoms with van der Waals surface area (Å²) in [6, 6.07) is 5.26. The third kappa shape index (κ3) is 3.22. The van der Waals surface area contributed by atoms with Gasteiger partial charge in [0.25, 0.3) is 0 Å². The van der Waals surface area contributed by atoms with Crippen molar-refractivity contribution in [1.82, 2.24) is 4.90 Å². The van der Waals surface area contributed by atoms with Gasteiger partial charge in [0.05, 0.1) is 19.2 Å². The molecule has 2 aliphatic rings. The third-order valence-corrected chi connectivity index (χ3v) is 4.21. The number of nitrogens with one attached hydrogen (secondary N) is 1. The van der Waals surface area contributed by atoms with Crippen LogP contribution in [0.4, 0.5) is 5.69 Å². The van der Waals surface area contributed by atoms with Gasteiger partial charge in [0.15, 0.2) is 0 Å². The van der Waals surface area contributed by atoms with E-state index in [-0.39, 0.29) is 18.5 Å². The van der Waals surface area contributed by atoms with Crippen LogP contribution in [0.5, 0.6) is 5.75 Å². The maximum Gasteiger partial charge on any atom is 0.317 e. The molecule has 0 radical (unpaired) electrons. The summed E-state index contributed by atoms with van der Waals surface area (Å²) < 4.78 is 5.45. The van der Waals surface area contributed by atoms with E-state index in [0.29, 0.717) is 19.6 Å². The molecular weight excluding hydrogens is 284 g/mol. The highest BCUT2D eigenvalue weighted by molar-refractivity contribution is 5.95. The lowest BCUT2D eigenvalue weighted by Gasteiger charge is -2.33. The fourth-order valence-electron chi connectivity index (χ4n) is 3.14. The molecule has 2 heterocycles. The maximum atomic E-state index is 12.5. The van der Waals surface area contributed by atoms with Crippen LogP contribution in [0.15, 0.2) is 18.2 Å². The minimum absolute atomic E-state index is 0.0872. The van der Waals surface area contributed by atoms with Gasteiger partial charge in [-0.25, -0.2) is 0 Å². The second kappa shape index (κ2) is 6.36. The van der Waals surface area contributed by atoms with Gasteiger partial charge in [-0.3, -0.25) is 14.5 Å². The minimum Gasteiger partial charge on any atom is -0.493 e. The van der Waals surface area contributed by atoms with Gasteiger partial charge in [-0.05, 0) is 43.1 Å². The first-order valence-corrected chi connectivity index (χ1v) is 7.66. The number of carbonyl (C=O) groups excluding carboxylic acids is 1. The van der Waals surface area contributed by atoms with Crippen molar-refractivity contribution in [2.24, 2.45) is 0 Å². The Balaban J connectivity index is 1.68. The summed E-state index contributed by atoms with van der Waals surface area (Å²) in [5, 5.41) is 11.9. The zero-order valence-electron chi connectivity index (χ0n) is 12.4. The predicted octanol–water partition coefficient (Wildman–Crippen LogP) is 1.50. The third-order valence-electron chi connectivity index (χ3n) is 4.21. The quantitative estimate of drug-likeness (QED) is 0.881. The topological polar surface area (TPSA) is 78.9 Å². The number of aliphatic carboxylic acids is 1. The van der Waals surface area contributed by atoms with E-state index in [9.17, 15) is 9.59 Å². The number of benzene rings is 1. The van der Waals surface area contributed by atoms with Crippen molar-refractivity contribution in [2.45, 2.75) is 31.7 Å². The highest BCUT2D eigenvalue weighted by Gasteiger charge is 2.30. The van der Waals surface area contributed by atoms with Gasteiger partial charge in [-0.1, -0.05) is 6.42 Å². The van der Waals surface area contributed by atoms with Crippen molar-refractivity contribution < 1.29 is 19.4 Å². The van der Waals surface area contributed by atoms with E-state index in [2.05, 4.69) is 5.32 Å². The van der Waals surface area contributed by atoms with Gasteiger partial charge >= 0.3 is 5.97 Å². The Morgan fingerprint density at radius 2 is 2.23 bits per heavy atom. The Bertz CT molecular complexity index is 588. The van der Waals surface area contributed by atoms with E-state index in [1.807, 2.05) is 18.2 Å². The van der Waals surface area contributed by atoms with Crippen LogP contribution in [0.25, 0.3) is 0 Å². The van der Waals surface area contributed by atoms with Gasteiger partial charge in [-0.15, -0.1) is 0 Å². The molecule has 1 fully saturated rings. The van der Waals surface area contributed by atoms with Crippen molar-refractivity contribution in [1.29, 1.82) is 0 Å². The Morgan fingerprint density at radius 1 is 1.36 bits per heavy atom. The molecule has 22 heavy (non-hydrogen) atoms. The fraction of sp³-hybridized carbons (Fsp3) is 0.500. The molecule has 0 saturated carbocycles. The molecule has 2 aliphatic heterocycles. The SMILES string of the molecule is O=C(O)CN1CCCCC1C(=O)Nc1ccc2c(c1)CCO2. The summed E-state index contributed by atoms with van der Waals surface area (Å²) >= 11 is 0. The molecule has 0 spiro atoms. The molecule has 1 aromatic carbocycles. The smallest absolute Gasteiger partial charge is 0.317 e. The van der Waals surface area contributed by atoms with Gasteiger partial charge in [0, 0.05) is 12.1 Å². The number of amides is 1. The predicted molar refractivity (Wildman–Crippen MR) is 81.1 cm³/mol. The van der Waals surface area contributed by atoms with Gasteiger partial charge in [0.2, 0.25) is 5.91 Å². The summed E-state index contributed by atoms with van der Waals surface area (Å²) in [5.41, 5.74) is 1.85. The van der Waals surface area contributed by atoms with Crippen LogP contribution in [-0.2, 0) is 16.0 Å². The molecule has 3 rings (SSSR count). The second-order valence-corrected chi connectivity index (χ2v) is 5.79. The molecule has 0 aliphatic carbocycles. The number of rotatable bonds is 4. The molecule has 1 atom stereocenters. The Labute approximate surface area is 129 Å². The highest BCUT2D eigenvalue weighted by atomic mass is 16.5. The monoisotopic (exact) mass is 304 g/mol. The van der Waals surface area contributed by atoms with Crippen molar-refractivity contribution in [3.8, 4) is 5.75 Å². The summed E-state index contributed by atoms with van der Waals surface area (Å²) in [4.78, 5) is 25.2. The number of piperidine rings is 1. The van der Waals surface area contributed by atoms with Gasteiger partial charge in [-0.2, -0.15) is 0 Å². The number of nitrogens with zero attached hydrogens (tertiary/aromatic N) is 1. The number of hydrogen-bond donors (Lipinski definition) is 2. The van der Waals surface area contributed by atoms with Crippen molar-refractivity contribution in [2.75, 3.05) is 25.0 Å². The molecular formula is C16H20N2O4. The number of likely N-dealkylation sites (tertiary alicyclic amines) is 1. The summed E-state index contributed by atoms with van der Waals surface area (Å²) in [6.45, 7) is 1.25. The van der Waals surface area contributed by atoms with Crippen LogP contribution in [0, 0.1) is 0 Å². The van der Waals surface area contributed by atoms with Gasteiger partial charge in [0.1, 0.15) is 5.75 Å². The first kappa shape index (κ1) is 14.8. The average molecular weight is 304 g/mol. The lowest BCUT2D eigenvalue weighted by Crippen LogP contribution is -2.49. The summed E-state index contributed by atoms with van der Waals surface area (Å²) in [6.07, 6.45) is 3.44. The molecule has 2 N–H and O–H groups in total. The Hall–Kier alpha value is -2.08. The number of carbonyl (C=O) groups is 2. The van der Waals surface area contributed by atoms with Crippen molar-refractivity contribution in [3.63, 3.8) is 0 Å². The van der Waals surface area contributed by atoms with E-state index >= 15 is 0 Å². The van der Waals surface area contributed by atoms with Crippen molar-refractivity contribution >= 4 is 17.6 Å². The maximum absolute atomic E-state index is 12.5. The van der Waals surface area contributed by atoms with E-state index in [0.717, 1.165) is 36.3 Å². The molecule has 118 valence electrons. The van der Waals surface area contributed by atoms with Crippen LogP contribution >= 0.6 is 0 Å². The number of hydrogen-bond acceptors (Lipinski definition) is 4. The van der Waals surface area contributed by atoms with Crippen LogP contribution in [0.2, 0.25) is 0 Å². The molecule has 6 heteroatoms. The first-order valence-electron chi connectivity index (χ1n) is 7.66. The number of ether oxygens (including phenoxy) is 1. The summed E-state index contributed by atoms with van der Waals surface area (Å²) in [7, 11) is 0. The molecule has 6 nitrogen and oxygen atoms in total. The Morgan fingerprint density at radius 3 is 3.05 bits per heavy atom. The summed E-state index contributed by atoms with van der Waals surface area (Å²) in [5.74, 6) is -0.141. The molecule has 1 unspecified atom stereocenters. The zero-order chi connectivity index (χ0) is 15.5.